The topological polar surface area (TPSA) is 70.2 Å². The van der Waals surface area contributed by atoms with Gasteiger partial charge < -0.3 is 15.5 Å². The van der Waals surface area contributed by atoms with Gasteiger partial charge in [0.1, 0.15) is 23.2 Å². The fourth-order valence-electron chi connectivity index (χ4n) is 2.80. The second-order valence-corrected chi connectivity index (χ2v) is 6.88. The van der Waals surface area contributed by atoms with Crippen LogP contribution >= 0.6 is 0 Å². The van der Waals surface area contributed by atoms with Gasteiger partial charge in [0.05, 0.1) is 0 Å². The number of rotatable bonds is 7. The van der Waals surface area contributed by atoms with E-state index in [4.69, 9.17) is 0 Å². The van der Waals surface area contributed by atoms with Crippen molar-refractivity contribution in [2.75, 3.05) is 30.9 Å². The number of halogens is 1. The Kier molecular flexibility index (Phi) is 6.39. The first-order valence-electron chi connectivity index (χ1n) is 9.33. The number of hydrogen-bond donors (Lipinski definition) is 2. The number of nitrogens with zero attached hydrogens (tertiary/aromatic N) is 3. The number of hydrogen-bond acceptors (Lipinski definition) is 5. The predicted molar refractivity (Wildman–Crippen MR) is 113 cm³/mol. The van der Waals surface area contributed by atoms with Gasteiger partial charge in [-0.3, -0.25) is 4.79 Å². The minimum absolute atomic E-state index is 0.273. The monoisotopic (exact) mass is 393 g/mol. The van der Waals surface area contributed by atoms with Gasteiger partial charge in [0.15, 0.2) is 0 Å². The number of nitrogens with one attached hydrogen (secondary N) is 2. The molecule has 3 aromatic rings. The van der Waals surface area contributed by atoms with Crippen LogP contribution in [0.5, 0.6) is 0 Å². The van der Waals surface area contributed by atoms with Crippen molar-refractivity contribution >= 4 is 23.1 Å². The molecule has 3 rings (SSSR count). The molecule has 1 aromatic heterocycles. The van der Waals surface area contributed by atoms with Crippen LogP contribution in [0.3, 0.4) is 0 Å². The lowest BCUT2D eigenvalue weighted by Gasteiger charge is -2.13. The molecule has 1 amide bonds. The van der Waals surface area contributed by atoms with Crippen molar-refractivity contribution in [3.8, 4) is 0 Å². The van der Waals surface area contributed by atoms with Crippen LogP contribution in [0, 0.1) is 12.7 Å². The molecule has 6 nitrogen and oxygen atoms in total. The third kappa shape index (κ3) is 5.75. The number of amides is 1. The normalized spacial score (nSPS) is 10.5. The SMILES string of the molecule is Cc1nc(Nc2ccc(N(C)C)cc2)cc(C(=O)NCCc2ccc(F)cc2)n1. The zero-order valence-electron chi connectivity index (χ0n) is 16.7. The van der Waals surface area contributed by atoms with Gasteiger partial charge in [0.2, 0.25) is 0 Å². The maximum absolute atomic E-state index is 13.0. The number of carbonyl (C=O) groups is 1. The molecule has 7 heteroatoms. The molecule has 0 saturated carbocycles. The molecule has 2 aromatic carbocycles. The van der Waals surface area contributed by atoms with Crippen molar-refractivity contribution in [3.63, 3.8) is 0 Å². The Balaban J connectivity index is 1.62. The van der Waals surface area contributed by atoms with Crippen LogP contribution in [0.4, 0.5) is 21.6 Å². The van der Waals surface area contributed by atoms with E-state index in [1.807, 2.05) is 43.3 Å². The van der Waals surface area contributed by atoms with Crippen molar-refractivity contribution in [3.05, 3.63) is 77.5 Å². The first kappa shape index (κ1) is 20.3. The Morgan fingerprint density at radius 1 is 1.03 bits per heavy atom. The molecule has 150 valence electrons. The molecule has 0 fully saturated rings. The first-order chi connectivity index (χ1) is 13.9. The summed E-state index contributed by atoms with van der Waals surface area (Å²) < 4.78 is 13.0. The van der Waals surface area contributed by atoms with Gasteiger partial charge >= 0.3 is 0 Å². The van der Waals surface area contributed by atoms with E-state index in [0.29, 0.717) is 30.3 Å². The van der Waals surface area contributed by atoms with E-state index >= 15 is 0 Å². The third-order valence-corrected chi connectivity index (χ3v) is 4.34. The summed E-state index contributed by atoms with van der Waals surface area (Å²) >= 11 is 0. The Bertz CT molecular complexity index is 971. The molecule has 0 aliphatic carbocycles. The van der Waals surface area contributed by atoms with Crippen LogP contribution in [0.15, 0.2) is 54.6 Å². The number of anilines is 3. The maximum atomic E-state index is 13.0. The van der Waals surface area contributed by atoms with Gasteiger partial charge in [0, 0.05) is 38.1 Å². The average Bonchev–Trinajstić information content (AvgIpc) is 2.69. The van der Waals surface area contributed by atoms with E-state index in [1.165, 1.54) is 12.1 Å². The van der Waals surface area contributed by atoms with E-state index in [-0.39, 0.29) is 11.7 Å². The van der Waals surface area contributed by atoms with Crippen molar-refractivity contribution in [2.45, 2.75) is 13.3 Å². The van der Waals surface area contributed by atoms with Crippen LogP contribution in [-0.4, -0.2) is 36.5 Å². The second-order valence-electron chi connectivity index (χ2n) is 6.88. The molecule has 0 spiro atoms. The number of carbonyl (C=O) groups excluding carboxylic acids is 1. The molecule has 29 heavy (non-hydrogen) atoms. The zero-order valence-corrected chi connectivity index (χ0v) is 16.7. The summed E-state index contributed by atoms with van der Waals surface area (Å²) in [6.07, 6.45) is 0.611. The highest BCUT2D eigenvalue weighted by Crippen LogP contribution is 2.19. The highest BCUT2D eigenvalue weighted by atomic mass is 19.1. The van der Waals surface area contributed by atoms with Crippen molar-refractivity contribution in [2.24, 2.45) is 0 Å². The van der Waals surface area contributed by atoms with Crippen molar-refractivity contribution in [1.29, 1.82) is 0 Å². The van der Waals surface area contributed by atoms with E-state index in [2.05, 4.69) is 20.6 Å². The van der Waals surface area contributed by atoms with Crippen LogP contribution in [-0.2, 0) is 6.42 Å². The molecular formula is C22H24FN5O. The van der Waals surface area contributed by atoms with Gasteiger partial charge in [-0.05, 0) is 55.3 Å². The first-order valence-corrected chi connectivity index (χ1v) is 9.33. The standard InChI is InChI=1S/C22H24FN5O/c1-15-25-20(22(29)24-13-12-16-4-6-17(23)7-5-16)14-21(26-15)27-18-8-10-19(11-9-18)28(2)3/h4-11,14H,12-13H2,1-3H3,(H,24,29)(H,25,26,27). The summed E-state index contributed by atoms with van der Waals surface area (Å²) in [6, 6.07) is 15.8. The van der Waals surface area contributed by atoms with Gasteiger partial charge in [0.25, 0.3) is 5.91 Å². The lowest BCUT2D eigenvalue weighted by molar-refractivity contribution is 0.0949. The van der Waals surface area contributed by atoms with E-state index < -0.39 is 0 Å². The Morgan fingerprint density at radius 3 is 2.38 bits per heavy atom. The molecule has 0 aliphatic heterocycles. The van der Waals surface area contributed by atoms with Crippen LogP contribution in [0.2, 0.25) is 0 Å². The van der Waals surface area contributed by atoms with Gasteiger partial charge in [-0.25, -0.2) is 14.4 Å². The highest BCUT2D eigenvalue weighted by Gasteiger charge is 2.10. The highest BCUT2D eigenvalue weighted by molar-refractivity contribution is 5.93. The third-order valence-electron chi connectivity index (χ3n) is 4.34. The predicted octanol–water partition coefficient (Wildman–Crippen LogP) is 3.71. The quantitative estimate of drug-likeness (QED) is 0.640. The summed E-state index contributed by atoms with van der Waals surface area (Å²) in [4.78, 5) is 23.1. The number of aromatic nitrogens is 2. The second kappa shape index (κ2) is 9.14. The van der Waals surface area contributed by atoms with E-state index in [1.54, 1.807) is 25.1 Å². The number of benzene rings is 2. The molecule has 2 N–H and O–H groups in total. The lowest BCUT2D eigenvalue weighted by atomic mass is 10.1. The number of aryl methyl sites for hydroxylation is 1. The largest absolute Gasteiger partial charge is 0.378 e. The summed E-state index contributed by atoms with van der Waals surface area (Å²) in [5, 5.41) is 6.05. The molecular weight excluding hydrogens is 369 g/mol. The molecule has 0 atom stereocenters. The van der Waals surface area contributed by atoms with Gasteiger partial charge in [-0.1, -0.05) is 12.1 Å². The molecule has 0 radical (unpaired) electrons. The summed E-state index contributed by atoms with van der Waals surface area (Å²) in [7, 11) is 3.97. The minimum atomic E-state index is -0.274. The zero-order chi connectivity index (χ0) is 20.8. The fourth-order valence-corrected chi connectivity index (χ4v) is 2.80. The average molecular weight is 393 g/mol. The molecule has 0 bridgehead atoms. The molecule has 0 aliphatic rings. The van der Waals surface area contributed by atoms with Crippen molar-refractivity contribution < 1.29 is 9.18 Å². The summed E-state index contributed by atoms with van der Waals surface area (Å²) in [5.41, 5.74) is 3.21. The van der Waals surface area contributed by atoms with Gasteiger partial charge in [-0.2, -0.15) is 0 Å². The Morgan fingerprint density at radius 2 is 1.72 bits per heavy atom. The summed E-state index contributed by atoms with van der Waals surface area (Å²) in [5.74, 6) is 0.511. The Labute approximate surface area is 169 Å². The van der Waals surface area contributed by atoms with Crippen LogP contribution in [0.25, 0.3) is 0 Å². The minimum Gasteiger partial charge on any atom is -0.378 e. The van der Waals surface area contributed by atoms with Crippen LogP contribution in [0.1, 0.15) is 21.9 Å². The smallest absolute Gasteiger partial charge is 0.270 e. The maximum Gasteiger partial charge on any atom is 0.270 e. The lowest BCUT2D eigenvalue weighted by Crippen LogP contribution is -2.27. The van der Waals surface area contributed by atoms with Gasteiger partial charge in [-0.15, -0.1) is 0 Å². The molecule has 0 saturated heterocycles. The van der Waals surface area contributed by atoms with Crippen molar-refractivity contribution in [1.82, 2.24) is 15.3 Å². The fraction of sp³-hybridized carbons (Fsp3) is 0.227. The Hall–Kier alpha value is -3.48. The van der Waals surface area contributed by atoms with E-state index in [9.17, 15) is 9.18 Å². The molecule has 1 heterocycles. The summed E-state index contributed by atoms with van der Waals surface area (Å²) in [6.45, 7) is 2.18. The molecule has 0 unspecified atom stereocenters. The van der Waals surface area contributed by atoms with E-state index in [0.717, 1.165) is 16.9 Å². The van der Waals surface area contributed by atoms with Crippen LogP contribution < -0.4 is 15.5 Å².